The zero-order chi connectivity index (χ0) is 18.0. The first-order valence-electron chi connectivity index (χ1n) is 9.37. The number of amides is 2. The highest BCUT2D eigenvalue weighted by Gasteiger charge is 2.32. The summed E-state index contributed by atoms with van der Waals surface area (Å²) in [5, 5.41) is 2.90. The van der Waals surface area contributed by atoms with Crippen LogP contribution in [0.4, 0.5) is 0 Å². The van der Waals surface area contributed by atoms with Crippen LogP contribution in [0.3, 0.4) is 0 Å². The standard InChI is InChI=1S/C21H28N2O2/c1-21(2,3)17-13-20(25)23-18-12-15(9-10-16(17)18)22-19(24)11-8-14-6-4-5-7-14/h9-10,12-14,16H,4-8,11H2,1-3H3,(H,23,25). The van der Waals surface area contributed by atoms with E-state index in [1.54, 1.807) is 6.08 Å². The van der Waals surface area contributed by atoms with Gasteiger partial charge in [0.25, 0.3) is 0 Å². The largest absolute Gasteiger partial charge is 0.325 e. The second kappa shape index (κ2) is 7.11. The summed E-state index contributed by atoms with van der Waals surface area (Å²) >= 11 is 0. The predicted molar refractivity (Wildman–Crippen MR) is 100 cm³/mol. The molecule has 4 nitrogen and oxygen atoms in total. The molecule has 0 aromatic rings. The molecule has 1 atom stereocenters. The van der Waals surface area contributed by atoms with E-state index < -0.39 is 0 Å². The van der Waals surface area contributed by atoms with Crippen LogP contribution in [-0.2, 0) is 9.59 Å². The van der Waals surface area contributed by atoms with Gasteiger partial charge in [-0.3, -0.25) is 9.59 Å². The predicted octanol–water partition coefficient (Wildman–Crippen LogP) is 4.10. The minimum atomic E-state index is -0.102. The Morgan fingerprint density at radius 2 is 1.96 bits per heavy atom. The van der Waals surface area contributed by atoms with Crippen LogP contribution in [0.15, 0.2) is 40.6 Å². The van der Waals surface area contributed by atoms with Crippen molar-refractivity contribution in [2.24, 2.45) is 22.2 Å². The van der Waals surface area contributed by atoms with Crippen molar-refractivity contribution < 1.29 is 9.59 Å². The summed E-state index contributed by atoms with van der Waals surface area (Å²) in [7, 11) is 0. The van der Waals surface area contributed by atoms with Gasteiger partial charge in [0.2, 0.25) is 11.8 Å². The van der Waals surface area contributed by atoms with E-state index in [1.165, 1.54) is 25.7 Å². The molecule has 1 unspecified atom stereocenters. The first-order valence-corrected chi connectivity index (χ1v) is 9.37. The molecule has 2 aliphatic carbocycles. The third kappa shape index (κ3) is 4.36. The number of allylic oxidation sites excluding steroid dienone is 3. The van der Waals surface area contributed by atoms with Crippen LogP contribution >= 0.6 is 0 Å². The Hall–Kier alpha value is -1.97. The molecule has 2 amide bonds. The van der Waals surface area contributed by atoms with E-state index in [0.29, 0.717) is 18.1 Å². The minimum Gasteiger partial charge on any atom is -0.325 e. The molecule has 3 aliphatic rings. The maximum atomic E-state index is 12.2. The molecule has 1 N–H and O–H groups in total. The van der Waals surface area contributed by atoms with E-state index in [-0.39, 0.29) is 23.1 Å². The SMILES string of the molecule is CC(C)(C)C1=CC(=O)NC2=CC(=NC(=O)CCC3CCCC3)C=CC21. The summed E-state index contributed by atoms with van der Waals surface area (Å²) in [5.74, 6) is 0.598. The van der Waals surface area contributed by atoms with E-state index in [4.69, 9.17) is 0 Å². The molecular weight excluding hydrogens is 312 g/mol. The molecule has 0 aromatic heterocycles. The lowest BCUT2D eigenvalue weighted by molar-refractivity contribution is -0.118. The smallest absolute Gasteiger partial charge is 0.248 e. The van der Waals surface area contributed by atoms with Crippen molar-refractivity contribution in [1.82, 2.24) is 5.32 Å². The highest BCUT2D eigenvalue weighted by atomic mass is 16.2. The van der Waals surface area contributed by atoms with Crippen LogP contribution in [0.25, 0.3) is 0 Å². The Morgan fingerprint density at radius 1 is 1.24 bits per heavy atom. The van der Waals surface area contributed by atoms with Gasteiger partial charge in [-0.15, -0.1) is 0 Å². The molecule has 0 aromatic carbocycles. The van der Waals surface area contributed by atoms with E-state index in [2.05, 4.69) is 31.1 Å². The van der Waals surface area contributed by atoms with Gasteiger partial charge in [-0.05, 0) is 35.5 Å². The summed E-state index contributed by atoms with van der Waals surface area (Å²) in [5.41, 5.74) is 2.46. The molecule has 0 radical (unpaired) electrons. The fraction of sp³-hybridized carbons (Fsp3) is 0.571. The van der Waals surface area contributed by atoms with E-state index in [0.717, 1.165) is 17.7 Å². The van der Waals surface area contributed by atoms with E-state index >= 15 is 0 Å². The van der Waals surface area contributed by atoms with Gasteiger partial charge < -0.3 is 5.32 Å². The zero-order valence-corrected chi connectivity index (χ0v) is 15.5. The van der Waals surface area contributed by atoms with Crippen molar-refractivity contribution >= 4 is 17.5 Å². The molecule has 1 heterocycles. The fourth-order valence-electron chi connectivity index (χ4n) is 3.97. The fourth-order valence-corrected chi connectivity index (χ4v) is 3.97. The molecule has 0 spiro atoms. The van der Waals surface area contributed by atoms with Crippen molar-refractivity contribution in [3.05, 3.63) is 35.6 Å². The molecule has 25 heavy (non-hydrogen) atoms. The van der Waals surface area contributed by atoms with Crippen molar-refractivity contribution in [3.8, 4) is 0 Å². The van der Waals surface area contributed by atoms with E-state index in [9.17, 15) is 9.59 Å². The number of hydrogen-bond donors (Lipinski definition) is 1. The molecule has 3 rings (SSSR count). The normalized spacial score (nSPS) is 25.5. The number of nitrogens with zero attached hydrogens (tertiary/aromatic N) is 1. The average Bonchev–Trinajstić information content (AvgIpc) is 3.04. The first-order chi connectivity index (χ1) is 11.8. The lowest BCUT2D eigenvalue weighted by Crippen LogP contribution is -2.36. The second-order valence-electron chi connectivity index (χ2n) is 8.39. The van der Waals surface area contributed by atoms with Crippen molar-refractivity contribution in [1.29, 1.82) is 0 Å². The number of fused-ring (bicyclic) bond motifs is 1. The van der Waals surface area contributed by atoms with E-state index in [1.807, 2.05) is 18.2 Å². The second-order valence-corrected chi connectivity index (χ2v) is 8.39. The lowest BCUT2D eigenvalue weighted by atomic mass is 9.74. The van der Waals surface area contributed by atoms with Crippen molar-refractivity contribution in [3.63, 3.8) is 0 Å². The summed E-state index contributed by atoms with van der Waals surface area (Å²) in [6.07, 6.45) is 14.1. The lowest BCUT2D eigenvalue weighted by Gasteiger charge is -2.34. The van der Waals surface area contributed by atoms with Gasteiger partial charge in [0.1, 0.15) is 0 Å². The van der Waals surface area contributed by atoms with Crippen molar-refractivity contribution in [2.75, 3.05) is 0 Å². The van der Waals surface area contributed by atoms with Crippen LogP contribution in [-0.4, -0.2) is 17.5 Å². The van der Waals surface area contributed by atoms with Gasteiger partial charge in [-0.2, -0.15) is 0 Å². The Bertz CT molecular complexity index is 683. The minimum absolute atomic E-state index is 0.0597. The number of carbonyl (C=O) groups excluding carboxylic acids is 2. The molecule has 4 heteroatoms. The van der Waals surface area contributed by atoms with Crippen LogP contribution in [0.1, 0.15) is 59.3 Å². The number of carbonyl (C=O) groups is 2. The van der Waals surface area contributed by atoms with Crippen LogP contribution < -0.4 is 5.32 Å². The zero-order valence-electron chi connectivity index (χ0n) is 15.5. The van der Waals surface area contributed by atoms with Crippen molar-refractivity contribution in [2.45, 2.75) is 59.3 Å². The summed E-state index contributed by atoms with van der Waals surface area (Å²) in [6, 6.07) is 0. The van der Waals surface area contributed by atoms with Gasteiger partial charge in [-0.25, -0.2) is 4.99 Å². The quantitative estimate of drug-likeness (QED) is 0.841. The van der Waals surface area contributed by atoms with Gasteiger partial charge >= 0.3 is 0 Å². The summed E-state index contributed by atoms with van der Waals surface area (Å²) in [6.45, 7) is 6.33. The molecule has 0 bridgehead atoms. The first kappa shape index (κ1) is 17.8. The van der Waals surface area contributed by atoms with Gasteiger partial charge in [0.05, 0.1) is 5.71 Å². The summed E-state index contributed by atoms with van der Waals surface area (Å²) in [4.78, 5) is 28.4. The number of rotatable bonds is 3. The van der Waals surface area contributed by atoms with Crippen LogP contribution in [0.2, 0.25) is 0 Å². The maximum absolute atomic E-state index is 12.2. The number of aliphatic imine (C=N–C) groups is 1. The molecule has 1 saturated carbocycles. The Balaban J connectivity index is 1.69. The van der Waals surface area contributed by atoms with Gasteiger partial charge in [0, 0.05) is 24.1 Å². The molecular formula is C21H28N2O2. The monoisotopic (exact) mass is 340 g/mol. The average molecular weight is 340 g/mol. The summed E-state index contributed by atoms with van der Waals surface area (Å²) < 4.78 is 0. The maximum Gasteiger partial charge on any atom is 0.248 e. The Kier molecular flexibility index (Phi) is 5.07. The molecule has 134 valence electrons. The topological polar surface area (TPSA) is 58.5 Å². The molecule has 1 fully saturated rings. The molecule has 1 aliphatic heterocycles. The highest BCUT2D eigenvalue weighted by Crippen LogP contribution is 2.38. The molecule has 0 saturated heterocycles. The van der Waals surface area contributed by atoms with Gasteiger partial charge in [0.15, 0.2) is 0 Å². The van der Waals surface area contributed by atoms with Gasteiger partial charge in [-0.1, -0.05) is 52.5 Å². The highest BCUT2D eigenvalue weighted by molar-refractivity contribution is 6.11. The Morgan fingerprint density at radius 3 is 2.64 bits per heavy atom. The number of hydrogen-bond acceptors (Lipinski definition) is 2. The third-order valence-corrected chi connectivity index (χ3v) is 5.35. The Labute approximate surface area is 150 Å². The number of nitrogens with one attached hydrogen (secondary N) is 1. The van der Waals surface area contributed by atoms with Crippen LogP contribution in [0, 0.1) is 17.3 Å². The van der Waals surface area contributed by atoms with Crippen LogP contribution in [0.5, 0.6) is 0 Å². The third-order valence-electron chi connectivity index (χ3n) is 5.35.